The van der Waals surface area contributed by atoms with Crippen molar-refractivity contribution in [3.63, 3.8) is 0 Å². The topological polar surface area (TPSA) is 120 Å². The van der Waals surface area contributed by atoms with Crippen LogP contribution in [-0.4, -0.2) is 115 Å². The van der Waals surface area contributed by atoms with Crippen molar-refractivity contribution in [1.82, 2.24) is 20.0 Å². The van der Waals surface area contributed by atoms with Crippen molar-refractivity contribution in [2.24, 2.45) is 17.3 Å². The largest absolute Gasteiger partial charge is 0.503 e. The molecule has 330 valence electrons. The molecule has 14 heteroatoms. The van der Waals surface area contributed by atoms with Crippen LogP contribution in [0.3, 0.4) is 0 Å². The number of fused-ring (bicyclic) bond motifs is 1. The summed E-state index contributed by atoms with van der Waals surface area (Å²) in [4.78, 5) is 63.7. The SMILES string of the molecule is CCC1(CC)C(=O)N(c2cccc(F)c2O)[C@H]1c1ccc(N2CCC(CN3CCN(CC4CCN(c5ccc6c(c5)CN(C5CCC(=O)NC5=O)C6=O)CC4)CC3)CC2)cc1F. The summed E-state index contributed by atoms with van der Waals surface area (Å²) in [5.74, 6) is -1.59. The highest BCUT2D eigenvalue weighted by Gasteiger charge is 2.60. The molecule has 3 aromatic rings. The number of phenolic OH excluding ortho intramolecular Hbond substituents is 1. The molecule has 6 heterocycles. The lowest BCUT2D eigenvalue weighted by atomic mass is 9.64. The number of halogens is 2. The maximum absolute atomic E-state index is 16.1. The van der Waals surface area contributed by atoms with Gasteiger partial charge >= 0.3 is 0 Å². The third kappa shape index (κ3) is 7.71. The van der Waals surface area contributed by atoms with Crippen LogP contribution in [0.15, 0.2) is 54.6 Å². The molecule has 2 atom stereocenters. The van der Waals surface area contributed by atoms with Gasteiger partial charge in [0.2, 0.25) is 17.7 Å². The van der Waals surface area contributed by atoms with Crippen LogP contribution < -0.4 is 20.0 Å². The van der Waals surface area contributed by atoms with Crippen molar-refractivity contribution in [1.29, 1.82) is 0 Å². The molecule has 0 bridgehead atoms. The lowest BCUT2D eigenvalue weighted by molar-refractivity contribution is -0.141. The molecule has 5 fully saturated rings. The van der Waals surface area contributed by atoms with Gasteiger partial charge in [-0.05, 0) is 105 Å². The Bertz CT molecular complexity index is 2210. The van der Waals surface area contributed by atoms with Gasteiger partial charge in [-0.1, -0.05) is 26.0 Å². The Labute approximate surface area is 362 Å². The molecule has 5 saturated heterocycles. The Kier molecular flexibility index (Phi) is 11.7. The number of para-hydroxylation sites is 1. The second-order valence-electron chi connectivity index (χ2n) is 18.5. The fourth-order valence-corrected chi connectivity index (χ4v) is 11.3. The molecule has 12 nitrogen and oxygen atoms in total. The number of β-lactam (4-membered cyclic amide) rings is 1. The van der Waals surface area contributed by atoms with Gasteiger partial charge in [0, 0.05) is 101 Å². The zero-order chi connectivity index (χ0) is 43.3. The maximum Gasteiger partial charge on any atom is 0.255 e. The highest BCUT2D eigenvalue weighted by Crippen LogP contribution is 2.58. The first-order valence-electron chi connectivity index (χ1n) is 22.8. The molecular formula is C48H59F2N7O5. The normalized spacial score (nSPS) is 24.1. The van der Waals surface area contributed by atoms with Gasteiger partial charge in [-0.15, -0.1) is 0 Å². The first-order valence-corrected chi connectivity index (χ1v) is 22.8. The van der Waals surface area contributed by atoms with Gasteiger partial charge in [0.15, 0.2) is 11.6 Å². The van der Waals surface area contributed by atoms with Crippen LogP contribution in [0.1, 0.15) is 92.7 Å². The van der Waals surface area contributed by atoms with Gasteiger partial charge in [-0.3, -0.25) is 29.4 Å². The average Bonchev–Trinajstić information content (AvgIpc) is 3.60. The van der Waals surface area contributed by atoms with Crippen LogP contribution in [0, 0.1) is 28.9 Å². The molecule has 0 saturated carbocycles. The standard InChI is InChI=1S/C48H59F2N7O5/c1-3-48(4-2)44(57(47(48)62)40-7-5-6-38(49)43(40)59)37-11-9-35(27-39(37)50)55-20-16-32(17-21-55)29-53-24-22-52(23-25-53)28-31-14-18-54(19-15-31)34-8-10-36-33(26-34)30-56(46(36)61)41-12-13-42(58)51-45(41)60/h5-11,26-27,31-32,41,44,59H,3-4,12-25,28-30H2,1-2H3,(H,51,58,60)/t41?,44-/m0/s1. The van der Waals surface area contributed by atoms with Crippen LogP contribution in [0.4, 0.5) is 25.8 Å². The summed E-state index contributed by atoms with van der Waals surface area (Å²) in [5.41, 5.74) is 3.18. The second kappa shape index (κ2) is 17.2. The summed E-state index contributed by atoms with van der Waals surface area (Å²) < 4.78 is 30.5. The third-order valence-corrected chi connectivity index (χ3v) is 15.2. The van der Waals surface area contributed by atoms with Crippen molar-refractivity contribution < 1.29 is 33.1 Å². The second-order valence-corrected chi connectivity index (χ2v) is 18.5. The number of benzene rings is 3. The number of nitrogens with one attached hydrogen (secondary N) is 1. The number of imide groups is 1. The predicted octanol–water partition coefficient (Wildman–Crippen LogP) is 6.08. The maximum atomic E-state index is 16.1. The van der Waals surface area contributed by atoms with E-state index in [4.69, 9.17) is 0 Å². The van der Waals surface area contributed by atoms with E-state index in [0.29, 0.717) is 48.8 Å². The van der Waals surface area contributed by atoms with E-state index in [-0.39, 0.29) is 35.7 Å². The number of piperidine rings is 3. The number of piperazine rings is 1. The van der Waals surface area contributed by atoms with E-state index in [1.807, 2.05) is 32.0 Å². The molecule has 62 heavy (non-hydrogen) atoms. The summed E-state index contributed by atoms with van der Waals surface area (Å²) in [6.07, 6.45) is 5.96. The first kappa shape index (κ1) is 42.2. The Morgan fingerprint density at radius 3 is 1.90 bits per heavy atom. The molecule has 0 aliphatic carbocycles. The summed E-state index contributed by atoms with van der Waals surface area (Å²) in [7, 11) is 0. The number of anilines is 3. The van der Waals surface area contributed by atoms with Crippen molar-refractivity contribution in [3.8, 4) is 5.75 Å². The highest BCUT2D eigenvalue weighted by molar-refractivity contribution is 6.07. The summed E-state index contributed by atoms with van der Waals surface area (Å²) in [6, 6.07) is 14.2. The highest BCUT2D eigenvalue weighted by atomic mass is 19.1. The van der Waals surface area contributed by atoms with E-state index in [2.05, 4.69) is 31.0 Å². The van der Waals surface area contributed by atoms with Crippen LogP contribution in [0.25, 0.3) is 0 Å². The van der Waals surface area contributed by atoms with E-state index in [9.17, 15) is 28.7 Å². The molecule has 3 aromatic carbocycles. The Morgan fingerprint density at radius 2 is 1.32 bits per heavy atom. The number of hydrogen-bond acceptors (Lipinski definition) is 9. The Balaban J connectivity index is 0.718. The molecule has 9 rings (SSSR count). The fourth-order valence-electron chi connectivity index (χ4n) is 11.3. The monoisotopic (exact) mass is 851 g/mol. The lowest BCUT2D eigenvalue weighted by Gasteiger charge is -2.56. The smallest absolute Gasteiger partial charge is 0.255 e. The van der Waals surface area contributed by atoms with Crippen molar-refractivity contribution in [2.75, 3.05) is 80.1 Å². The van der Waals surface area contributed by atoms with Crippen molar-refractivity contribution in [2.45, 2.75) is 83.8 Å². The number of carbonyl (C=O) groups is 4. The number of carbonyl (C=O) groups excluding carboxylic acids is 4. The van der Waals surface area contributed by atoms with Gasteiger partial charge < -0.3 is 29.6 Å². The predicted molar refractivity (Wildman–Crippen MR) is 233 cm³/mol. The van der Waals surface area contributed by atoms with Crippen molar-refractivity contribution >= 4 is 40.7 Å². The van der Waals surface area contributed by atoms with Crippen LogP contribution >= 0.6 is 0 Å². The minimum Gasteiger partial charge on any atom is -0.503 e. The summed E-state index contributed by atoms with van der Waals surface area (Å²) >= 11 is 0. The lowest BCUT2D eigenvalue weighted by Crippen LogP contribution is -2.63. The molecule has 1 unspecified atom stereocenters. The van der Waals surface area contributed by atoms with Gasteiger partial charge in [0.05, 0.1) is 17.1 Å². The average molecular weight is 852 g/mol. The molecule has 0 radical (unpaired) electrons. The number of amides is 4. The molecule has 4 amide bonds. The van der Waals surface area contributed by atoms with E-state index in [1.54, 1.807) is 17.0 Å². The quantitative estimate of drug-likeness (QED) is 0.175. The van der Waals surface area contributed by atoms with Crippen LogP contribution in [-0.2, 0) is 20.9 Å². The molecule has 0 aromatic heterocycles. The third-order valence-electron chi connectivity index (χ3n) is 15.2. The zero-order valence-corrected chi connectivity index (χ0v) is 36.0. The Morgan fingerprint density at radius 1 is 0.726 bits per heavy atom. The minimum absolute atomic E-state index is 0.0689. The molecule has 6 aliphatic heterocycles. The molecule has 0 spiro atoms. The fraction of sp³-hybridized carbons (Fsp3) is 0.542. The van der Waals surface area contributed by atoms with Crippen LogP contribution in [0.5, 0.6) is 5.75 Å². The summed E-state index contributed by atoms with van der Waals surface area (Å²) in [6.45, 7) is 14.4. The number of nitrogens with zero attached hydrogens (tertiary/aromatic N) is 6. The zero-order valence-electron chi connectivity index (χ0n) is 36.0. The van der Waals surface area contributed by atoms with Gasteiger partial charge in [-0.25, -0.2) is 8.78 Å². The van der Waals surface area contributed by atoms with Gasteiger partial charge in [0.25, 0.3) is 5.91 Å². The minimum atomic E-state index is -0.827. The number of rotatable bonds is 11. The number of hydrogen-bond donors (Lipinski definition) is 2. The van der Waals surface area contributed by atoms with Crippen LogP contribution in [0.2, 0.25) is 0 Å². The van der Waals surface area contributed by atoms with E-state index in [0.717, 1.165) is 114 Å². The number of phenols is 1. The van der Waals surface area contributed by atoms with Gasteiger partial charge in [-0.2, -0.15) is 0 Å². The van der Waals surface area contributed by atoms with E-state index in [1.165, 1.54) is 17.0 Å². The summed E-state index contributed by atoms with van der Waals surface area (Å²) in [5, 5.41) is 12.9. The number of aromatic hydroxyl groups is 1. The van der Waals surface area contributed by atoms with E-state index < -0.39 is 34.9 Å². The van der Waals surface area contributed by atoms with Crippen molar-refractivity contribution in [3.05, 3.63) is 82.9 Å². The van der Waals surface area contributed by atoms with Gasteiger partial charge in [0.1, 0.15) is 11.9 Å². The Hall–Kier alpha value is -5.08. The molecule has 2 N–H and O–H groups in total. The van der Waals surface area contributed by atoms with E-state index >= 15 is 4.39 Å². The molecular weight excluding hydrogens is 793 g/mol. The first-order chi connectivity index (χ1) is 30.0. The molecule has 6 aliphatic rings.